The molecule has 5 heteroatoms. The van der Waals surface area contributed by atoms with Gasteiger partial charge in [-0.25, -0.2) is 4.98 Å². The van der Waals surface area contributed by atoms with Gasteiger partial charge in [0.2, 0.25) is 11.7 Å². The predicted octanol–water partition coefficient (Wildman–Crippen LogP) is 2.87. The van der Waals surface area contributed by atoms with Crippen LogP contribution in [-0.2, 0) is 0 Å². The molecule has 3 rings (SSSR count). The van der Waals surface area contributed by atoms with Gasteiger partial charge in [0.25, 0.3) is 0 Å². The number of rotatable bonds is 3. The van der Waals surface area contributed by atoms with E-state index in [0.717, 1.165) is 22.2 Å². The molecular formula is C15H16N4O. The minimum absolute atomic E-state index is 0.0257. The Morgan fingerprint density at radius 1 is 1.20 bits per heavy atom. The van der Waals surface area contributed by atoms with E-state index >= 15 is 0 Å². The van der Waals surface area contributed by atoms with E-state index in [1.807, 2.05) is 38.2 Å². The summed E-state index contributed by atoms with van der Waals surface area (Å²) in [4.78, 5) is 9.00. The Hall–Kier alpha value is -2.27. The number of benzene rings is 1. The monoisotopic (exact) mass is 268 g/mol. The summed E-state index contributed by atoms with van der Waals surface area (Å²) >= 11 is 0. The van der Waals surface area contributed by atoms with Crippen LogP contribution in [-0.4, -0.2) is 22.2 Å². The number of aromatic nitrogens is 3. The minimum Gasteiger partial charge on any atom is -0.337 e. The van der Waals surface area contributed by atoms with Gasteiger partial charge in [0.05, 0.1) is 11.6 Å². The molecule has 1 aromatic carbocycles. The number of aryl methyl sites for hydroxylation is 1. The zero-order valence-corrected chi connectivity index (χ0v) is 11.7. The highest BCUT2D eigenvalue weighted by Gasteiger charge is 2.15. The van der Waals surface area contributed by atoms with Gasteiger partial charge in [-0.1, -0.05) is 23.4 Å². The van der Waals surface area contributed by atoms with Crippen LogP contribution in [0.5, 0.6) is 0 Å². The van der Waals surface area contributed by atoms with Gasteiger partial charge in [-0.05, 0) is 38.6 Å². The summed E-state index contributed by atoms with van der Waals surface area (Å²) in [6.07, 6.45) is 0. The molecule has 3 aromatic rings. The highest BCUT2D eigenvalue weighted by atomic mass is 16.5. The molecule has 0 aliphatic heterocycles. The number of nitrogens with one attached hydrogen (secondary N) is 1. The van der Waals surface area contributed by atoms with Crippen LogP contribution < -0.4 is 5.32 Å². The number of pyridine rings is 1. The molecule has 0 bridgehead atoms. The van der Waals surface area contributed by atoms with E-state index in [0.29, 0.717) is 11.7 Å². The van der Waals surface area contributed by atoms with Gasteiger partial charge in [0.15, 0.2) is 0 Å². The highest BCUT2D eigenvalue weighted by molar-refractivity contribution is 5.84. The van der Waals surface area contributed by atoms with Crippen LogP contribution in [0.3, 0.4) is 0 Å². The van der Waals surface area contributed by atoms with E-state index in [1.54, 1.807) is 0 Å². The zero-order valence-electron chi connectivity index (χ0n) is 11.7. The Labute approximate surface area is 117 Å². The van der Waals surface area contributed by atoms with Gasteiger partial charge in [-0.2, -0.15) is 4.98 Å². The number of hydrogen-bond donors (Lipinski definition) is 1. The van der Waals surface area contributed by atoms with Crippen molar-refractivity contribution in [2.45, 2.75) is 19.9 Å². The first-order valence-corrected chi connectivity index (χ1v) is 6.56. The Kier molecular flexibility index (Phi) is 3.20. The quantitative estimate of drug-likeness (QED) is 0.791. The Morgan fingerprint density at radius 2 is 2.00 bits per heavy atom. The molecule has 0 amide bonds. The standard InChI is InChI=1S/C15H16N4O/c1-9-8-13(17-12-7-5-4-6-11(9)12)14-18-15(20-19-14)10(2)16-3/h4-8,10,16H,1-3H3. The van der Waals surface area contributed by atoms with E-state index in [9.17, 15) is 0 Å². The van der Waals surface area contributed by atoms with Crippen molar-refractivity contribution < 1.29 is 4.52 Å². The summed E-state index contributed by atoms with van der Waals surface area (Å²) in [7, 11) is 1.85. The molecule has 20 heavy (non-hydrogen) atoms. The molecule has 0 saturated carbocycles. The van der Waals surface area contributed by atoms with E-state index < -0.39 is 0 Å². The van der Waals surface area contributed by atoms with E-state index in [-0.39, 0.29) is 6.04 Å². The second-order valence-electron chi connectivity index (χ2n) is 4.81. The normalized spacial score (nSPS) is 12.8. The number of hydrogen-bond acceptors (Lipinski definition) is 5. The Balaban J connectivity index is 2.08. The molecule has 0 radical (unpaired) electrons. The van der Waals surface area contributed by atoms with Gasteiger partial charge in [-0.15, -0.1) is 0 Å². The topological polar surface area (TPSA) is 63.8 Å². The van der Waals surface area contributed by atoms with Crippen molar-refractivity contribution in [3.05, 3.63) is 41.8 Å². The Morgan fingerprint density at radius 3 is 2.80 bits per heavy atom. The third kappa shape index (κ3) is 2.16. The lowest BCUT2D eigenvalue weighted by molar-refractivity contribution is 0.347. The van der Waals surface area contributed by atoms with Crippen LogP contribution in [0.15, 0.2) is 34.9 Å². The molecule has 0 spiro atoms. The molecule has 0 saturated heterocycles. The third-order valence-corrected chi connectivity index (χ3v) is 3.40. The van der Waals surface area contributed by atoms with E-state index in [4.69, 9.17) is 4.52 Å². The first kappa shape index (κ1) is 12.7. The van der Waals surface area contributed by atoms with Crippen LogP contribution in [0.25, 0.3) is 22.4 Å². The largest absolute Gasteiger partial charge is 0.337 e. The maximum absolute atomic E-state index is 5.26. The molecule has 5 nitrogen and oxygen atoms in total. The number of nitrogens with zero attached hydrogens (tertiary/aromatic N) is 3. The fraction of sp³-hybridized carbons (Fsp3) is 0.267. The second kappa shape index (κ2) is 5.02. The highest BCUT2D eigenvalue weighted by Crippen LogP contribution is 2.23. The fourth-order valence-electron chi connectivity index (χ4n) is 2.10. The summed E-state index contributed by atoms with van der Waals surface area (Å²) < 4.78 is 5.26. The van der Waals surface area contributed by atoms with Crippen molar-refractivity contribution in [1.29, 1.82) is 0 Å². The van der Waals surface area contributed by atoms with Gasteiger partial charge in [0.1, 0.15) is 5.69 Å². The summed E-state index contributed by atoms with van der Waals surface area (Å²) in [5.74, 6) is 1.09. The van der Waals surface area contributed by atoms with Gasteiger partial charge >= 0.3 is 0 Å². The van der Waals surface area contributed by atoms with Gasteiger partial charge < -0.3 is 9.84 Å². The lowest BCUT2D eigenvalue weighted by Gasteiger charge is -2.03. The van der Waals surface area contributed by atoms with Crippen molar-refractivity contribution in [2.24, 2.45) is 0 Å². The van der Waals surface area contributed by atoms with E-state index in [2.05, 4.69) is 33.4 Å². The van der Waals surface area contributed by atoms with Gasteiger partial charge in [0, 0.05) is 5.39 Å². The fourth-order valence-corrected chi connectivity index (χ4v) is 2.10. The maximum atomic E-state index is 5.26. The second-order valence-corrected chi connectivity index (χ2v) is 4.81. The summed E-state index contributed by atoms with van der Waals surface area (Å²) in [5, 5.41) is 8.23. The summed E-state index contributed by atoms with van der Waals surface area (Å²) in [6.45, 7) is 4.03. The molecule has 0 aliphatic rings. The smallest absolute Gasteiger partial charge is 0.243 e. The van der Waals surface area contributed by atoms with Crippen molar-refractivity contribution in [2.75, 3.05) is 7.05 Å². The number of para-hydroxylation sites is 1. The van der Waals surface area contributed by atoms with Gasteiger partial charge in [-0.3, -0.25) is 0 Å². The SMILES string of the molecule is CNC(C)c1nc(-c2cc(C)c3ccccc3n2)no1. The van der Waals surface area contributed by atoms with Crippen LogP contribution >= 0.6 is 0 Å². The third-order valence-electron chi connectivity index (χ3n) is 3.40. The molecule has 1 atom stereocenters. The van der Waals surface area contributed by atoms with Crippen LogP contribution in [0.4, 0.5) is 0 Å². The molecule has 0 aliphatic carbocycles. The average molecular weight is 268 g/mol. The van der Waals surface area contributed by atoms with E-state index in [1.165, 1.54) is 0 Å². The van der Waals surface area contributed by atoms with Crippen LogP contribution in [0.1, 0.15) is 24.4 Å². The van der Waals surface area contributed by atoms with Crippen LogP contribution in [0.2, 0.25) is 0 Å². The summed E-state index contributed by atoms with van der Waals surface area (Å²) in [5.41, 5.74) is 2.83. The lowest BCUT2D eigenvalue weighted by atomic mass is 10.1. The maximum Gasteiger partial charge on any atom is 0.243 e. The van der Waals surface area contributed by atoms with Crippen molar-refractivity contribution in [3.63, 3.8) is 0 Å². The predicted molar refractivity (Wildman–Crippen MR) is 77.2 cm³/mol. The van der Waals surface area contributed by atoms with Crippen LogP contribution in [0, 0.1) is 6.92 Å². The minimum atomic E-state index is 0.0257. The van der Waals surface area contributed by atoms with Crippen molar-refractivity contribution in [1.82, 2.24) is 20.4 Å². The molecule has 102 valence electrons. The molecule has 0 fully saturated rings. The molecule has 2 heterocycles. The molecule has 1 N–H and O–H groups in total. The first-order chi connectivity index (χ1) is 9.69. The number of fused-ring (bicyclic) bond motifs is 1. The molecular weight excluding hydrogens is 252 g/mol. The molecule has 1 unspecified atom stereocenters. The van der Waals surface area contributed by atoms with Crippen molar-refractivity contribution >= 4 is 10.9 Å². The average Bonchev–Trinajstić information content (AvgIpc) is 2.96. The summed E-state index contributed by atoms with van der Waals surface area (Å²) in [6, 6.07) is 10.1. The lowest BCUT2D eigenvalue weighted by Crippen LogP contribution is -2.12. The van der Waals surface area contributed by atoms with Crippen molar-refractivity contribution in [3.8, 4) is 11.5 Å². The molecule has 2 aromatic heterocycles. The zero-order chi connectivity index (χ0) is 14.1. The first-order valence-electron chi connectivity index (χ1n) is 6.56. The Bertz CT molecular complexity index is 750.